The van der Waals surface area contributed by atoms with Crippen LogP contribution in [0.15, 0.2) is 53.0 Å². The maximum absolute atomic E-state index is 12.7. The summed E-state index contributed by atoms with van der Waals surface area (Å²) in [6.07, 6.45) is -4.57. The summed E-state index contributed by atoms with van der Waals surface area (Å²) in [4.78, 5) is 23.7. The fourth-order valence-electron chi connectivity index (χ4n) is 2.37. The number of benzene rings is 2. The molecule has 0 aliphatic rings. The van der Waals surface area contributed by atoms with Gasteiger partial charge in [0, 0.05) is 10.9 Å². The highest BCUT2D eigenvalue weighted by Crippen LogP contribution is 2.29. The van der Waals surface area contributed by atoms with Crippen molar-refractivity contribution in [2.45, 2.75) is 25.1 Å². The van der Waals surface area contributed by atoms with E-state index < -0.39 is 29.6 Å². The lowest BCUT2D eigenvalue weighted by molar-refractivity contribution is -0.137. The number of hydrogen-bond donors (Lipinski definition) is 2. The average Bonchev–Trinajstić information content (AvgIpc) is 2.55. The van der Waals surface area contributed by atoms with Gasteiger partial charge >= 0.3 is 6.18 Å². The van der Waals surface area contributed by atoms with E-state index in [0.717, 1.165) is 22.2 Å². The fraction of sp³-hybridized carbons (Fsp3) is 0.222. The highest BCUT2D eigenvalue weighted by molar-refractivity contribution is 9.10. The SMILES string of the molecule is NC(=O)[C@H](Cc1ccc(Br)cc1)NC(=O)Cc1cccc(C(F)(F)F)c1. The van der Waals surface area contributed by atoms with Crippen molar-refractivity contribution in [3.05, 3.63) is 69.7 Å². The Labute approximate surface area is 156 Å². The molecule has 3 N–H and O–H groups in total. The molecule has 0 spiro atoms. The summed E-state index contributed by atoms with van der Waals surface area (Å²) >= 11 is 3.30. The Kier molecular flexibility index (Phi) is 6.42. The molecule has 2 aromatic rings. The highest BCUT2D eigenvalue weighted by atomic mass is 79.9. The number of carbonyl (C=O) groups excluding carboxylic acids is 2. The minimum Gasteiger partial charge on any atom is -0.368 e. The number of rotatable bonds is 6. The zero-order chi connectivity index (χ0) is 19.3. The van der Waals surface area contributed by atoms with Gasteiger partial charge in [0.05, 0.1) is 12.0 Å². The lowest BCUT2D eigenvalue weighted by Crippen LogP contribution is -2.46. The molecular weight excluding hydrogens is 413 g/mol. The van der Waals surface area contributed by atoms with Crippen molar-refractivity contribution in [3.8, 4) is 0 Å². The summed E-state index contributed by atoms with van der Waals surface area (Å²) in [5.41, 5.74) is 5.48. The van der Waals surface area contributed by atoms with Crippen LogP contribution < -0.4 is 11.1 Å². The molecule has 0 saturated carbocycles. The summed E-state index contributed by atoms with van der Waals surface area (Å²) in [5, 5.41) is 2.48. The first-order valence-electron chi connectivity index (χ1n) is 7.64. The molecule has 2 rings (SSSR count). The van der Waals surface area contributed by atoms with Crippen molar-refractivity contribution in [3.63, 3.8) is 0 Å². The van der Waals surface area contributed by atoms with Crippen LogP contribution in [0.5, 0.6) is 0 Å². The van der Waals surface area contributed by atoms with Crippen LogP contribution in [0.25, 0.3) is 0 Å². The van der Waals surface area contributed by atoms with Gasteiger partial charge in [-0.2, -0.15) is 13.2 Å². The molecular formula is C18H16BrF3N2O2. The Morgan fingerprint density at radius 1 is 1.08 bits per heavy atom. The molecule has 0 heterocycles. The van der Waals surface area contributed by atoms with Crippen LogP contribution in [-0.4, -0.2) is 17.9 Å². The van der Waals surface area contributed by atoms with Gasteiger partial charge in [-0.05, 0) is 29.3 Å². The van der Waals surface area contributed by atoms with Gasteiger partial charge in [-0.15, -0.1) is 0 Å². The first-order chi connectivity index (χ1) is 12.1. The highest BCUT2D eigenvalue weighted by Gasteiger charge is 2.30. The van der Waals surface area contributed by atoms with Crippen LogP contribution in [0.1, 0.15) is 16.7 Å². The molecule has 26 heavy (non-hydrogen) atoms. The Morgan fingerprint density at radius 3 is 2.31 bits per heavy atom. The van der Waals surface area contributed by atoms with Gasteiger partial charge in [0.25, 0.3) is 0 Å². The van der Waals surface area contributed by atoms with E-state index in [1.165, 1.54) is 12.1 Å². The van der Waals surface area contributed by atoms with Gasteiger partial charge in [0.1, 0.15) is 6.04 Å². The molecule has 0 unspecified atom stereocenters. The van der Waals surface area contributed by atoms with Gasteiger partial charge < -0.3 is 11.1 Å². The number of nitrogens with two attached hydrogens (primary N) is 1. The zero-order valence-electron chi connectivity index (χ0n) is 13.5. The monoisotopic (exact) mass is 428 g/mol. The summed E-state index contributed by atoms with van der Waals surface area (Å²) in [5.74, 6) is -1.30. The third-order valence-electron chi connectivity index (χ3n) is 3.65. The van der Waals surface area contributed by atoms with E-state index in [1.807, 2.05) is 0 Å². The number of amides is 2. The molecule has 0 aliphatic heterocycles. The Bertz CT molecular complexity index is 792. The molecule has 1 atom stereocenters. The number of hydrogen-bond acceptors (Lipinski definition) is 2. The largest absolute Gasteiger partial charge is 0.416 e. The minimum atomic E-state index is -4.48. The van der Waals surface area contributed by atoms with Crippen molar-refractivity contribution in [2.75, 3.05) is 0 Å². The molecule has 2 aromatic carbocycles. The van der Waals surface area contributed by atoms with Crippen molar-refractivity contribution in [1.82, 2.24) is 5.32 Å². The van der Waals surface area contributed by atoms with Gasteiger partial charge in [0.2, 0.25) is 11.8 Å². The number of carbonyl (C=O) groups is 2. The van der Waals surface area contributed by atoms with Crippen molar-refractivity contribution in [2.24, 2.45) is 5.73 Å². The maximum atomic E-state index is 12.7. The van der Waals surface area contributed by atoms with Crippen LogP contribution >= 0.6 is 15.9 Å². The lowest BCUT2D eigenvalue weighted by atomic mass is 10.0. The third-order valence-corrected chi connectivity index (χ3v) is 4.18. The molecule has 138 valence electrons. The molecule has 0 radical (unpaired) electrons. The molecule has 4 nitrogen and oxygen atoms in total. The van der Waals surface area contributed by atoms with Crippen molar-refractivity contribution >= 4 is 27.7 Å². The average molecular weight is 429 g/mol. The van der Waals surface area contributed by atoms with Gasteiger partial charge in [0.15, 0.2) is 0 Å². The van der Waals surface area contributed by atoms with Crippen LogP contribution in [-0.2, 0) is 28.6 Å². The molecule has 0 bridgehead atoms. The standard InChI is InChI=1S/C18H16BrF3N2O2/c19-14-6-4-11(5-7-14)9-15(17(23)26)24-16(25)10-12-2-1-3-13(8-12)18(20,21)22/h1-8,15H,9-10H2,(H2,23,26)(H,24,25)/t15-/m0/s1. The van der Waals surface area contributed by atoms with Gasteiger partial charge in [-0.1, -0.05) is 46.3 Å². The molecule has 0 aromatic heterocycles. The maximum Gasteiger partial charge on any atom is 0.416 e. The van der Waals surface area contributed by atoms with E-state index in [2.05, 4.69) is 21.2 Å². The normalized spacial score (nSPS) is 12.5. The Balaban J connectivity index is 2.04. The second-order valence-corrected chi connectivity index (χ2v) is 6.64. The predicted octanol–water partition coefficient (Wildman–Crippen LogP) is 3.22. The van der Waals surface area contributed by atoms with E-state index >= 15 is 0 Å². The van der Waals surface area contributed by atoms with Gasteiger partial charge in [-0.3, -0.25) is 9.59 Å². The van der Waals surface area contributed by atoms with E-state index in [1.54, 1.807) is 24.3 Å². The quantitative estimate of drug-likeness (QED) is 0.741. The number of primary amides is 1. The van der Waals surface area contributed by atoms with E-state index in [0.29, 0.717) is 0 Å². The number of alkyl halides is 3. The van der Waals surface area contributed by atoms with Crippen molar-refractivity contribution < 1.29 is 22.8 Å². The fourth-order valence-corrected chi connectivity index (χ4v) is 2.63. The molecule has 0 fully saturated rings. The molecule has 0 saturated heterocycles. The number of nitrogens with one attached hydrogen (secondary N) is 1. The minimum absolute atomic E-state index is 0.191. The molecule has 0 aliphatic carbocycles. The van der Waals surface area contributed by atoms with E-state index in [-0.39, 0.29) is 18.4 Å². The Morgan fingerprint density at radius 2 is 1.73 bits per heavy atom. The third kappa shape index (κ3) is 5.87. The smallest absolute Gasteiger partial charge is 0.368 e. The van der Waals surface area contributed by atoms with Crippen molar-refractivity contribution in [1.29, 1.82) is 0 Å². The number of halogens is 4. The topological polar surface area (TPSA) is 72.2 Å². The molecule has 2 amide bonds. The second-order valence-electron chi connectivity index (χ2n) is 5.73. The summed E-state index contributed by atoms with van der Waals surface area (Å²) in [7, 11) is 0. The summed E-state index contributed by atoms with van der Waals surface area (Å²) < 4.78 is 39.0. The van der Waals surface area contributed by atoms with E-state index in [9.17, 15) is 22.8 Å². The second kappa shape index (κ2) is 8.35. The zero-order valence-corrected chi connectivity index (χ0v) is 15.1. The first-order valence-corrected chi connectivity index (χ1v) is 8.43. The van der Waals surface area contributed by atoms with Crippen LogP contribution in [0, 0.1) is 0 Å². The predicted molar refractivity (Wildman–Crippen MR) is 94.1 cm³/mol. The summed E-state index contributed by atoms with van der Waals surface area (Å²) in [6.45, 7) is 0. The van der Waals surface area contributed by atoms with E-state index in [4.69, 9.17) is 5.73 Å². The van der Waals surface area contributed by atoms with Crippen LogP contribution in [0.2, 0.25) is 0 Å². The molecule has 8 heteroatoms. The van der Waals surface area contributed by atoms with Crippen LogP contribution in [0.4, 0.5) is 13.2 Å². The van der Waals surface area contributed by atoms with Crippen LogP contribution in [0.3, 0.4) is 0 Å². The van der Waals surface area contributed by atoms with Gasteiger partial charge in [-0.25, -0.2) is 0 Å². The summed E-state index contributed by atoms with van der Waals surface area (Å²) in [6, 6.07) is 10.7. The lowest BCUT2D eigenvalue weighted by Gasteiger charge is -2.16. The first kappa shape index (κ1) is 20.0. The Hall–Kier alpha value is -2.35.